The molecule has 346 valence electrons. The average Bonchev–Trinajstić information content (AvgIpc) is 3.86. The number of carbonyl (C=O) groups excluding carboxylic acids is 3. The summed E-state index contributed by atoms with van der Waals surface area (Å²) in [6, 6.07) is 57.7. The lowest BCUT2D eigenvalue weighted by atomic mass is 9.77. The highest BCUT2D eigenvalue weighted by Crippen LogP contribution is 2.44. The number of ether oxygens (including phenoxy) is 1. The first-order chi connectivity index (χ1) is 33.6. The second kappa shape index (κ2) is 20.1. The van der Waals surface area contributed by atoms with E-state index in [-0.39, 0.29) is 35.0 Å². The van der Waals surface area contributed by atoms with Crippen molar-refractivity contribution in [3.05, 3.63) is 238 Å². The second-order valence-electron chi connectivity index (χ2n) is 16.4. The number of hydrogen-bond acceptors (Lipinski definition) is 11. The number of fused-ring (bicyclic) bond motifs is 1. The Kier molecular flexibility index (Phi) is 13.4. The molecule has 0 spiro atoms. The molecule has 0 radical (unpaired) electrons. The van der Waals surface area contributed by atoms with Gasteiger partial charge >= 0.3 is 12.1 Å². The smallest absolute Gasteiger partial charge is 0.409 e. The third-order valence-electron chi connectivity index (χ3n) is 12.0. The number of amides is 3. The molecule has 9 rings (SSSR count). The lowest BCUT2D eigenvalue weighted by molar-refractivity contribution is -0.150. The maximum Gasteiger partial charge on any atom is 0.409 e. The van der Waals surface area contributed by atoms with Crippen molar-refractivity contribution in [3.63, 3.8) is 0 Å². The molecule has 2 aliphatic heterocycles. The minimum atomic E-state index is -1.38. The highest BCUT2D eigenvalue weighted by Gasteiger charge is 2.55. The van der Waals surface area contributed by atoms with E-state index in [2.05, 4.69) is 47.0 Å². The molecular formula is C54H46N6O7S2. The zero-order valence-corrected chi connectivity index (χ0v) is 39.1. The van der Waals surface area contributed by atoms with Gasteiger partial charge in [0.1, 0.15) is 35.0 Å². The van der Waals surface area contributed by atoms with Crippen molar-refractivity contribution in [3.8, 4) is 0 Å². The van der Waals surface area contributed by atoms with Crippen molar-refractivity contribution < 1.29 is 33.9 Å². The second-order valence-corrected chi connectivity index (χ2v) is 18.4. The number of hydrogen-bond donors (Lipinski definition) is 3. The van der Waals surface area contributed by atoms with E-state index in [9.17, 15) is 19.5 Å². The molecule has 1 unspecified atom stereocenters. The summed E-state index contributed by atoms with van der Waals surface area (Å²) in [5.41, 5.74) is 2.59. The number of benzene rings is 6. The Morgan fingerprint density at radius 2 is 1.17 bits per heavy atom. The van der Waals surface area contributed by atoms with Crippen LogP contribution in [0.25, 0.3) is 0 Å². The summed E-state index contributed by atoms with van der Waals surface area (Å²) in [6.45, 7) is -0.320. The van der Waals surface area contributed by atoms with Crippen LogP contribution in [0, 0.1) is 0 Å². The van der Waals surface area contributed by atoms with Gasteiger partial charge in [0.15, 0.2) is 10.8 Å². The van der Waals surface area contributed by atoms with Gasteiger partial charge in [-0.3, -0.25) is 14.5 Å². The molecule has 0 saturated carbocycles. The van der Waals surface area contributed by atoms with Gasteiger partial charge in [-0.15, -0.1) is 23.1 Å². The van der Waals surface area contributed by atoms with Crippen molar-refractivity contribution in [2.45, 2.75) is 22.6 Å². The van der Waals surface area contributed by atoms with E-state index in [1.165, 1.54) is 42.1 Å². The van der Waals surface area contributed by atoms with Gasteiger partial charge in [-0.2, -0.15) is 0 Å². The van der Waals surface area contributed by atoms with Crippen LogP contribution in [0.5, 0.6) is 0 Å². The summed E-state index contributed by atoms with van der Waals surface area (Å²) in [7, 11) is 3.02. The minimum Gasteiger partial charge on any atom is -0.477 e. The molecule has 3 heterocycles. The summed E-state index contributed by atoms with van der Waals surface area (Å²) in [5, 5.41) is 23.1. The molecule has 15 heteroatoms. The van der Waals surface area contributed by atoms with Crippen LogP contribution in [0.4, 0.5) is 9.93 Å². The largest absolute Gasteiger partial charge is 0.477 e. The molecule has 3 N–H and O–H groups in total. The number of carboxylic acids is 1. The van der Waals surface area contributed by atoms with Crippen LogP contribution in [0.3, 0.4) is 0 Å². The maximum atomic E-state index is 15.0. The fourth-order valence-electron chi connectivity index (χ4n) is 8.66. The third kappa shape index (κ3) is 8.97. The Bertz CT molecular complexity index is 2820. The lowest BCUT2D eigenvalue weighted by Gasteiger charge is -2.49. The molecule has 2 atom stereocenters. The topological polar surface area (TPSA) is 163 Å². The summed E-state index contributed by atoms with van der Waals surface area (Å²) in [5.74, 6) is -2.65. The number of thioether (sulfide) groups is 1. The van der Waals surface area contributed by atoms with E-state index >= 15 is 4.79 Å². The molecule has 6 aromatic carbocycles. The highest BCUT2D eigenvalue weighted by atomic mass is 32.2. The van der Waals surface area contributed by atoms with Crippen LogP contribution in [0.2, 0.25) is 0 Å². The lowest BCUT2D eigenvalue weighted by Crippen LogP contribution is -2.71. The van der Waals surface area contributed by atoms with E-state index in [1.54, 1.807) is 5.38 Å². The first-order valence-electron chi connectivity index (χ1n) is 22.0. The third-order valence-corrected chi connectivity index (χ3v) is 14.1. The van der Waals surface area contributed by atoms with Crippen LogP contribution in [0.15, 0.2) is 204 Å². The number of β-lactam (4-membered cyclic amide) rings is 1. The molecule has 7 aromatic rings. The van der Waals surface area contributed by atoms with Crippen LogP contribution in [-0.2, 0) is 35.1 Å². The normalized spacial score (nSPS) is 15.9. The monoisotopic (exact) mass is 954 g/mol. The fraction of sp³-hybridized carbons (Fsp3) is 0.148. The van der Waals surface area contributed by atoms with Crippen LogP contribution >= 0.6 is 23.1 Å². The average molecular weight is 955 g/mol. The summed E-state index contributed by atoms with van der Waals surface area (Å²) < 4.78 is 5.30. The van der Waals surface area contributed by atoms with Gasteiger partial charge in [-0.1, -0.05) is 187 Å². The molecule has 13 nitrogen and oxygen atoms in total. The van der Waals surface area contributed by atoms with Gasteiger partial charge < -0.3 is 30.2 Å². The number of thiazole rings is 1. The summed E-state index contributed by atoms with van der Waals surface area (Å²) >= 11 is 2.52. The number of aromatic nitrogens is 1. The van der Waals surface area contributed by atoms with Crippen LogP contribution in [0.1, 0.15) is 39.1 Å². The van der Waals surface area contributed by atoms with Gasteiger partial charge in [-0.25, -0.2) is 14.6 Å². The Balaban J connectivity index is 1.14. The SMILES string of the molecule is CN(C)C(=O)OCC1=C(C(=O)O)N2C(=O)C(NC(=O)C(=NOC(c3ccccc3)(c3ccccc3)c3ccccc3)c3csc(NC(c4ccccc4)(c4ccccc4)c4ccccc4)n3)[C@@H]2SC1. The summed E-state index contributed by atoms with van der Waals surface area (Å²) in [6.07, 6.45) is -0.657. The zero-order valence-electron chi connectivity index (χ0n) is 37.5. The number of nitrogens with one attached hydrogen (secondary N) is 2. The van der Waals surface area contributed by atoms with Crippen molar-refractivity contribution >= 4 is 57.8 Å². The molecule has 0 bridgehead atoms. The van der Waals surface area contributed by atoms with Crippen molar-refractivity contribution in [1.82, 2.24) is 20.1 Å². The van der Waals surface area contributed by atoms with E-state index in [1.807, 2.05) is 146 Å². The van der Waals surface area contributed by atoms with Crippen LogP contribution < -0.4 is 10.6 Å². The molecular weight excluding hydrogens is 909 g/mol. The van der Waals surface area contributed by atoms with Gasteiger partial charge in [0, 0.05) is 47.5 Å². The number of aliphatic carboxylic acids is 1. The minimum absolute atomic E-state index is 0.133. The first kappa shape index (κ1) is 46.1. The fourth-order valence-corrected chi connectivity index (χ4v) is 10.7. The molecule has 1 fully saturated rings. The van der Waals surface area contributed by atoms with Gasteiger partial charge in [0.25, 0.3) is 11.8 Å². The zero-order chi connectivity index (χ0) is 48.0. The Morgan fingerprint density at radius 1 is 0.725 bits per heavy atom. The molecule has 1 saturated heterocycles. The number of rotatable bonds is 16. The standard InChI is InChI=1S/C54H46N6O7S2/c1-59(2)52(65)66-33-36-34-68-49-45(48(62)60(49)46(36)50(63)64)56-47(61)44(58-67-54(40-27-15-6-16-28-40,41-29-17-7-18-30-41)42-31-19-8-20-32-42)43-35-69-51(55-43)57-53(37-21-9-3-10-22-37,38-23-11-4-12-24-38)39-25-13-5-14-26-39/h3-32,35,45,49H,33-34H2,1-2H3,(H,55,57)(H,56,61)(H,63,64)/t45?,49-/m0/s1. The number of nitrogens with zero attached hydrogens (tertiary/aromatic N) is 4. The number of carboxylic acid groups (broad SMARTS) is 1. The first-order valence-corrected chi connectivity index (χ1v) is 23.9. The van der Waals surface area contributed by atoms with Gasteiger partial charge in [0.05, 0.1) is 0 Å². The van der Waals surface area contributed by atoms with E-state index in [4.69, 9.17) is 19.7 Å². The van der Waals surface area contributed by atoms with E-state index in [0.717, 1.165) is 38.3 Å². The Hall–Kier alpha value is -8.01. The molecule has 69 heavy (non-hydrogen) atoms. The highest BCUT2D eigenvalue weighted by molar-refractivity contribution is 8.00. The molecule has 0 aliphatic carbocycles. The van der Waals surface area contributed by atoms with Crippen molar-refractivity contribution in [2.24, 2.45) is 5.16 Å². The van der Waals surface area contributed by atoms with Gasteiger partial charge in [0.2, 0.25) is 5.60 Å². The van der Waals surface area contributed by atoms with E-state index in [0.29, 0.717) is 5.13 Å². The Morgan fingerprint density at radius 3 is 1.61 bits per heavy atom. The number of anilines is 1. The maximum absolute atomic E-state index is 15.0. The predicted octanol–water partition coefficient (Wildman–Crippen LogP) is 8.70. The van der Waals surface area contributed by atoms with E-state index < -0.39 is 46.4 Å². The molecule has 1 aromatic heterocycles. The number of carbonyl (C=O) groups is 4. The quantitative estimate of drug-likeness (QED) is 0.0370. The molecule has 3 amide bonds. The van der Waals surface area contributed by atoms with Crippen LogP contribution in [-0.4, -0.2) is 87.3 Å². The summed E-state index contributed by atoms with van der Waals surface area (Å²) in [4.78, 5) is 68.2. The van der Waals surface area contributed by atoms with Crippen molar-refractivity contribution in [2.75, 3.05) is 31.8 Å². The van der Waals surface area contributed by atoms with Crippen molar-refractivity contribution in [1.29, 1.82) is 0 Å². The predicted molar refractivity (Wildman–Crippen MR) is 266 cm³/mol. The number of oxime groups is 1. The Labute approximate surface area is 407 Å². The molecule has 2 aliphatic rings. The van der Waals surface area contributed by atoms with Gasteiger partial charge in [-0.05, 0) is 16.7 Å².